The quantitative estimate of drug-likeness (QED) is 0.672. The third-order valence-corrected chi connectivity index (χ3v) is 2.57. The molecule has 0 unspecified atom stereocenters. The Balaban J connectivity index is 2.30. The highest BCUT2D eigenvalue weighted by Crippen LogP contribution is 2.39. The fourth-order valence-corrected chi connectivity index (χ4v) is 1.39. The monoisotopic (exact) mass is 171 g/mol. The van der Waals surface area contributed by atoms with Crippen LogP contribution in [0.2, 0.25) is 0 Å². The predicted molar refractivity (Wildman–Crippen MR) is 51.1 cm³/mol. The summed E-state index contributed by atoms with van der Waals surface area (Å²) in [4.78, 5) is 0. The van der Waals surface area contributed by atoms with Crippen LogP contribution in [0.3, 0.4) is 0 Å². The van der Waals surface area contributed by atoms with E-state index >= 15 is 0 Å². The number of rotatable bonds is 4. The molecule has 0 aromatic heterocycles. The lowest BCUT2D eigenvalue weighted by atomic mass is 9.97. The minimum atomic E-state index is -0.591. The van der Waals surface area contributed by atoms with E-state index in [1.54, 1.807) is 0 Å². The van der Waals surface area contributed by atoms with Gasteiger partial charge in [0.2, 0.25) is 0 Å². The Labute approximate surface area is 75.4 Å². The lowest BCUT2D eigenvalue weighted by molar-refractivity contribution is 0.0692. The second kappa shape index (κ2) is 3.00. The molecule has 0 bridgehead atoms. The molecule has 1 saturated carbocycles. The van der Waals surface area contributed by atoms with E-state index in [0.29, 0.717) is 6.54 Å². The normalized spacial score (nSPS) is 19.8. The first-order chi connectivity index (χ1) is 5.31. The molecule has 1 aliphatic rings. The first-order valence-electron chi connectivity index (χ1n) is 4.79. The Bertz CT molecular complexity index is 154. The van der Waals surface area contributed by atoms with Crippen LogP contribution >= 0.6 is 0 Å². The molecular weight excluding hydrogens is 150 g/mol. The number of nitrogens with one attached hydrogen (secondary N) is 1. The van der Waals surface area contributed by atoms with Crippen LogP contribution in [0, 0.1) is 5.92 Å². The molecule has 0 aliphatic heterocycles. The highest BCUT2D eigenvalue weighted by molar-refractivity contribution is 4.95. The van der Waals surface area contributed by atoms with Gasteiger partial charge in [0.05, 0.1) is 5.60 Å². The van der Waals surface area contributed by atoms with Crippen molar-refractivity contribution in [2.24, 2.45) is 5.92 Å². The third kappa shape index (κ3) is 3.11. The van der Waals surface area contributed by atoms with Gasteiger partial charge >= 0.3 is 0 Å². The Morgan fingerprint density at radius 3 is 2.08 bits per heavy atom. The second-order valence-electron chi connectivity index (χ2n) is 5.16. The van der Waals surface area contributed by atoms with E-state index in [0.717, 1.165) is 5.92 Å². The summed E-state index contributed by atoms with van der Waals surface area (Å²) in [5.41, 5.74) is -0.383. The Hall–Kier alpha value is -0.0800. The van der Waals surface area contributed by atoms with Gasteiger partial charge < -0.3 is 10.4 Å². The van der Waals surface area contributed by atoms with Crippen LogP contribution in [-0.2, 0) is 0 Å². The van der Waals surface area contributed by atoms with Gasteiger partial charge in [0.25, 0.3) is 0 Å². The molecule has 0 aromatic carbocycles. The van der Waals surface area contributed by atoms with Gasteiger partial charge in [0, 0.05) is 12.1 Å². The van der Waals surface area contributed by atoms with Crippen molar-refractivity contribution in [3.63, 3.8) is 0 Å². The van der Waals surface area contributed by atoms with E-state index in [1.807, 2.05) is 13.8 Å². The summed E-state index contributed by atoms with van der Waals surface area (Å²) < 4.78 is 0. The molecular formula is C10H21NO. The topological polar surface area (TPSA) is 32.3 Å². The van der Waals surface area contributed by atoms with Gasteiger partial charge in [-0.25, -0.2) is 0 Å². The van der Waals surface area contributed by atoms with Crippen LogP contribution in [0.1, 0.15) is 40.5 Å². The van der Waals surface area contributed by atoms with Crippen molar-refractivity contribution < 1.29 is 5.11 Å². The number of hydrogen-bond donors (Lipinski definition) is 2. The summed E-state index contributed by atoms with van der Waals surface area (Å²) in [7, 11) is 0. The molecule has 1 rings (SSSR count). The summed E-state index contributed by atoms with van der Waals surface area (Å²) in [6.45, 7) is 8.79. The summed E-state index contributed by atoms with van der Waals surface area (Å²) >= 11 is 0. The number of β-amino-alcohol motifs (C(OH)–C–C–N with tert-alkyl or cyclic N) is 1. The first kappa shape index (κ1) is 10.0. The third-order valence-electron chi connectivity index (χ3n) is 2.57. The molecule has 2 heteroatoms. The zero-order valence-corrected chi connectivity index (χ0v) is 8.65. The lowest BCUT2D eigenvalue weighted by Crippen LogP contribution is -2.48. The molecule has 0 heterocycles. The molecule has 0 spiro atoms. The maximum atomic E-state index is 9.52. The van der Waals surface area contributed by atoms with Gasteiger partial charge in [-0.1, -0.05) is 0 Å². The Morgan fingerprint density at radius 2 is 1.75 bits per heavy atom. The minimum absolute atomic E-state index is 0.208. The van der Waals surface area contributed by atoms with Crippen molar-refractivity contribution in [3.8, 4) is 0 Å². The number of aliphatic hydroxyl groups is 1. The van der Waals surface area contributed by atoms with Crippen LogP contribution in [0.5, 0.6) is 0 Å². The molecule has 0 amide bonds. The van der Waals surface area contributed by atoms with E-state index < -0.39 is 5.60 Å². The Morgan fingerprint density at radius 1 is 1.25 bits per heavy atom. The lowest BCUT2D eigenvalue weighted by Gasteiger charge is -2.30. The molecule has 12 heavy (non-hydrogen) atoms. The summed E-state index contributed by atoms with van der Waals surface area (Å²) in [6, 6.07) is 0. The van der Waals surface area contributed by atoms with Gasteiger partial charge in [-0.3, -0.25) is 0 Å². The fraction of sp³-hybridized carbons (Fsp3) is 1.00. The molecule has 2 nitrogen and oxygen atoms in total. The average Bonchev–Trinajstić information content (AvgIpc) is 2.62. The Kier molecular flexibility index (Phi) is 2.50. The predicted octanol–water partition coefficient (Wildman–Crippen LogP) is 1.54. The fourth-order valence-electron chi connectivity index (χ4n) is 1.39. The van der Waals surface area contributed by atoms with Crippen LogP contribution in [0.25, 0.3) is 0 Å². The molecule has 1 fully saturated rings. The van der Waals surface area contributed by atoms with Crippen LogP contribution < -0.4 is 5.32 Å². The largest absolute Gasteiger partial charge is 0.389 e. The second-order valence-corrected chi connectivity index (χ2v) is 5.16. The smallest absolute Gasteiger partial charge is 0.0715 e. The summed E-state index contributed by atoms with van der Waals surface area (Å²) in [5.74, 6) is 0.819. The van der Waals surface area contributed by atoms with Crippen LogP contribution in [0.15, 0.2) is 0 Å². The van der Waals surface area contributed by atoms with E-state index in [2.05, 4.69) is 19.2 Å². The van der Waals surface area contributed by atoms with Crippen molar-refractivity contribution in [2.45, 2.75) is 51.7 Å². The molecule has 72 valence electrons. The molecule has 0 aromatic rings. The molecule has 0 saturated heterocycles. The van der Waals surface area contributed by atoms with Gasteiger partial charge in [0.1, 0.15) is 0 Å². The van der Waals surface area contributed by atoms with Crippen molar-refractivity contribution in [1.29, 1.82) is 0 Å². The standard InChI is InChI=1S/C10H21NO/c1-9(2,12)7-11-10(3,4)8-5-6-8/h8,11-12H,5-7H2,1-4H3. The summed E-state index contributed by atoms with van der Waals surface area (Å²) in [6.07, 6.45) is 2.68. The maximum Gasteiger partial charge on any atom is 0.0715 e. The van der Waals surface area contributed by atoms with Gasteiger partial charge in [-0.05, 0) is 46.5 Å². The number of hydrogen-bond acceptors (Lipinski definition) is 2. The van der Waals surface area contributed by atoms with Gasteiger partial charge in [-0.15, -0.1) is 0 Å². The van der Waals surface area contributed by atoms with E-state index in [1.165, 1.54) is 12.8 Å². The zero-order chi connectivity index (χ0) is 9.41. The van der Waals surface area contributed by atoms with Gasteiger partial charge in [-0.2, -0.15) is 0 Å². The minimum Gasteiger partial charge on any atom is -0.389 e. The maximum absolute atomic E-state index is 9.52. The first-order valence-corrected chi connectivity index (χ1v) is 4.79. The van der Waals surface area contributed by atoms with Gasteiger partial charge in [0.15, 0.2) is 0 Å². The zero-order valence-electron chi connectivity index (χ0n) is 8.65. The highest BCUT2D eigenvalue weighted by Gasteiger charge is 2.37. The van der Waals surface area contributed by atoms with E-state index in [4.69, 9.17) is 0 Å². The van der Waals surface area contributed by atoms with E-state index in [-0.39, 0.29) is 5.54 Å². The van der Waals surface area contributed by atoms with Crippen molar-refractivity contribution in [3.05, 3.63) is 0 Å². The highest BCUT2D eigenvalue weighted by atomic mass is 16.3. The molecule has 1 aliphatic carbocycles. The van der Waals surface area contributed by atoms with Crippen LogP contribution in [0.4, 0.5) is 0 Å². The molecule has 0 atom stereocenters. The molecule has 0 radical (unpaired) electrons. The van der Waals surface area contributed by atoms with E-state index in [9.17, 15) is 5.11 Å². The van der Waals surface area contributed by atoms with Crippen molar-refractivity contribution >= 4 is 0 Å². The van der Waals surface area contributed by atoms with Crippen molar-refractivity contribution in [1.82, 2.24) is 5.32 Å². The average molecular weight is 171 g/mol. The SMILES string of the molecule is CC(C)(O)CNC(C)(C)C1CC1. The molecule has 2 N–H and O–H groups in total. The van der Waals surface area contributed by atoms with Crippen LogP contribution in [-0.4, -0.2) is 22.8 Å². The van der Waals surface area contributed by atoms with Crippen molar-refractivity contribution in [2.75, 3.05) is 6.54 Å². The summed E-state index contributed by atoms with van der Waals surface area (Å²) in [5, 5.41) is 12.9.